The maximum absolute atomic E-state index is 13.6. The minimum atomic E-state index is -0.288. The topological polar surface area (TPSA) is 21.3 Å². The zero-order valence-electron chi connectivity index (χ0n) is 10.2. The van der Waals surface area contributed by atoms with E-state index in [4.69, 9.17) is 16.3 Å². The summed E-state index contributed by atoms with van der Waals surface area (Å²) in [4.78, 5) is 0. The van der Waals surface area contributed by atoms with Gasteiger partial charge >= 0.3 is 0 Å². The van der Waals surface area contributed by atoms with Gasteiger partial charge in [0.15, 0.2) is 0 Å². The molecule has 2 aromatic rings. The van der Waals surface area contributed by atoms with Crippen molar-refractivity contribution < 1.29 is 9.13 Å². The molecule has 2 nitrogen and oxygen atoms in total. The molecule has 1 N–H and O–H groups in total. The van der Waals surface area contributed by atoms with Crippen molar-refractivity contribution in [1.82, 2.24) is 0 Å². The fraction of sp³-hybridized carbons (Fsp3) is 0.200. The molecular formula is C15H13ClFNO. The first-order valence-electron chi connectivity index (χ1n) is 6.16. The van der Waals surface area contributed by atoms with Gasteiger partial charge in [0.2, 0.25) is 0 Å². The summed E-state index contributed by atoms with van der Waals surface area (Å²) in [6.45, 7) is 1.10. The number of anilines is 1. The molecule has 0 radical (unpaired) electrons. The van der Waals surface area contributed by atoms with E-state index in [-0.39, 0.29) is 5.82 Å². The van der Waals surface area contributed by atoms with E-state index >= 15 is 0 Å². The van der Waals surface area contributed by atoms with E-state index in [0.29, 0.717) is 17.1 Å². The molecule has 4 heteroatoms. The minimum Gasteiger partial charge on any atom is -0.493 e. The summed E-state index contributed by atoms with van der Waals surface area (Å²) < 4.78 is 19.1. The third kappa shape index (κ3) is 2.51. The molecular weight excluding hydrogens is 265 g/mol. The molecule has 0 atom stereocenters. The number of halogens is 2. The van der Waals surface area contributed by atoms with Crippen LogP contribution in [0.1, 0.15) is 11.1 Å². The molecule has 0 aromatic heterocycles. The van der Waals surface area contributed by atoms with Crippen molar-refractivity contribution in [3.63, 3.8) is 0 Å². The van der Waals surface area contributed by atoms with Gasteiger partial charge in [-0.3, -0.25) is 0 Å². The van der Waals surface area contributed by atoms with Crippen molar-refractivity contribution in [3.05, 3.63) is 58.4 Å². The molecule has 1 heterocycles. The van der Waals surface area contributed by atoms with Crippen molar-refractivity contribution in [2.45, 2.75) is 13.0 Å². The van der Waals surface area contributed by atoms with Gasteiger partial charge in [0.05, 0.1) is 6.61 Å². The van der Waals surface area contributed by atoms with Crippen LogP contribution < -0.4 is 10.1 Å². The normalized spacial score (nSPS) is 12.9. The Balaban J connectivity index is 1.76. The van der Waals surface area contributed by atoms with Crippen molar-refractivity contribution >= 4 is 17.3 Å². The Labute approximate surface area is 116 Å². The molecule has 98 valence electrons. The molecule has 1 aliphatic heterocycles. The van der Waals surface area contributed by atoms with E-state index in [9.17, 15) is 4.39 Å². The van der Waals surface area contributed by atoms with Crippen LogP contribution in [0.3, 0.4) is 0 Å². The second-order valence-corrected chi connectivity index (χ2v) is 4.88. The van der Waals surface area contributed by atoms with Gasteiger partial charge < -0.3 is 10.1 Å². The molecule has 0 saturated carbocycles. The summed E-state index contributed by atoms with van der Waals surface area (Å²) in [5.74, 6) is 0.652. The van der Waals surface area contributed by atoms with E-state index < -0.39 is 0 Å². The standard InChI is InChI=1S/C15H13ClFNO/c16-13-2-1-3-14(17)12(13)9-18-11-4-5-15-10(8-11)6-7-19-15/h1-5,8,18H,6-7,9H2. The quantitative estimate of drug-likeness (QED) is 0.915. The lowest BCUT2D eigenvalue weighted by Gasteiger charge is -2.10. The Kier molecular flexibility index (Phi) is 3.30. The predicted octanol–water partition coefficient (Wildman–Crippen LogP) is 4.03. The summed E-state index contributed by atoms with van der Waals surface area (Å²) in [7, 11) is 0. The molecule has 3 rings (SSSR count). The van der Waals surface area contributed by atoms with Gasteiger partial charge in [-0.2, -0.15) is 0 Å². The Bertz CT molecular complexity index is 595. The van der Waals surface area contributed by atoms with Gasteiger partial charge in [-0.15, -0.1) is 0 Å². The van der Waals surface area contributed by atoms with Gasteiger partial charge in [-0.05, 0) is 35.9 Å². The first kappa shape index (κ1) is 12.3. The molecule has 0 fully saturated rings. The summed E-state index contributed by atoms with van der Waals surface area (Å²) in [6, 6.07) is 10.6. The highest BCUT2D eigenvalue weighted by Gasteiger charge is 2.12. The van der Waals surface area contributed by atoms with E-state index in [1.165, 1.54) is 11.6 Å². The smallest absolute Gasteiger partial charge is 0.129 e. The molecule has 0 unspecified atom stereocenters. The van der Waals surface area contributed by atoms with Crippen LogP contribution in [-0.2, 0) is 13.0 Å². The van der Waals surface area contributed by atoms with Crippen molar-refractivity contribution in [2.75, 3.05) is 11.9 Å². The maximum Gasteiger partial charge on any atom is 0.129 e. The zero-order valence-corrected chi connectivity index (χ0v) is 11.0. The average molecular weight is 278 g/mol. The first-order valence-corrected chi connectivity index (χ1v) is 6.54. The lowest BCUT2D eigenvalue weighted by molar-refractivity contribution is 0.357. The molecule has 2 aromatic carbocycles. The highest BCUT2D eigenvalue weighted by molar-refractivity contribution is 6.31. The van der Waals surface area contributed by atoms with Crippen molar-refractivity contribution in [1.29, 1.82) is 0 Å². The van der Waals surface area contributed by atoms with E-state index in [1.54, 1.807) is 12.1 Å². The summed E-state index contributed by atoms with van der Waals surface area (Å²) in [5.41, 5.74) is 2.62. The van der Waals surface area contributed by atoms with Crippen molar-refractivity contribution in [2.24, 2.45) is 0 Å². The largest absolute Gasteiger partial charge is 0.493 e. The van der Waals surface area contributed by atoms with Crippen LogP contribution in [0.25, 0.3) is 0 Å². The summed E-state index contributed by atoms with van der Waals surface area (Å²) in [6.07, 6.45) is 0.922. The van der Waals surface area contributed by atoms with Crippen LogP contribution in [0.4, 0.5) is 10.1 Å². The molecule has 19 heavy (non-hydrogen) atoms. The second-order valence-electron chi connectivity index (χ2n) is 4.47. The Morgan fingerprint density at radius 2 is 2.16 bits per heavy atom. The highest BCUT2D eigenvalue weighted by Crippen LogP contribution is 2.28. The zero-order chi connectivity index (χ0) is 13.2. The van der Waals surface area contributed by atoms with Crippen LogP contribution >= 0.6 is 11.6 Å². The molecule has 0 bridgehead atoms. The minimum absolute atomic E-state index is 0.288. The van der Waals surface area contributed by atoms with Crippen LogP contribution in [-0.4, -0.2) is 6.61 Å². The van der Waals surface area contributed by atoms with E-state index in [1.807, 2.05) is 18.2 Å². The fourth-order valence-corrected chi connectivity index (χ4v) is 2.42. The van der Waals surface area contributed by atoms with Gasteiger partial charge in [0.1, 0.15) is 11.6 Å². The molecule has 0 aliphatic carbocycles. The molecule has 0 amide bonds. The Hall–Kier alpha value is -1.74. The second kappa shape index (κ2) is 5.10. The van der Waals surface area contributed by atoms with Crippen molar-refractivity contribution in [3.8, 4) is 5.75 Å². The molecule has 0 spiro atoms. The number of hydrogen-bond acceptors (Lipinski definition) is 2. The third-order valence-corrected chi connectivity index (χ3v) is 3.57. The third-order valence-electron chi connectivity index (χ3n) is 3.22. The van der Waals surface area contributed by atoms with Gasteiger partial charge in [0.25, 0.3) is 0 Å². The molecule has 0 saturated heterocycles. The number of nitrogens with one attached hydrogen (secondary N) is 1. The van der Waals surface area contributed by atoms with E-state index in [0.717, 1.165) is 24.5 Å². The average Bonchev–Trinajstić information content (AvgIpc) is 2.85. The van der Waals surface area contributed by atoms with Gasteiger partial charge in [-0.25, -0.2) is 4.39 Å². The Morgan fingerprint density at radius 1 is 1.26 bits per heavy atom. The number of benzene rings is 2. The number of ether oxygens (including phenoxy) is 1. The number of rotatable bonds is 3. The summed E-state index contributed by atoms with van der Waals surface area (Å²) in [5, 5.41) is 3.63. The number of fused-ring (bicyclic) bond motifs is 1. The highest BCUT2D eigenvalue weighted by atomic mass is 35.5. The van der Waals surface area contributed by atoms with Gasteiger partial charge in [0, 0.05) is 29.2 Å². The predicted molar refractivity (Wildman–Crippen MR) is 74.4 cm³/mol. The van der Waals surface area contributed by atoms with Crippen LogP contribution in [0.15, 0.2) is 36.4 Å². The molecule has 1 aliphatic rings. The first-order chi connectivity index (χ1) is 9.24. The summed E-state index contributed by atoms with van der Waals surface area (Å²) >= 11 is 5.99. The lowest BCUT2D eigenvalue weighted by atomic mass is 10.1. The van der Waals surface area contributed by atoms with Crippen LogP contribution in [0.2, 0.25) is 5.02 Å². The maximum atomic E-state index is 13.6. The lowest BCUT2D eigenvalue weighted by Crippen LogP contribution is -2.02. The Morgan fingerprint density at radius 3 is 3.00 bits per heavy atom. The van der Waals surface area contributed by atoms with E-state index in [2.05, 4.69) is 5.32 Å². The SMILES string of the molecule is Fc1cccc(Cl)c1CNc1ccc2c(c1)CCO2. The van der Waals surface area contributed by atoms with Crippen LogP contribution in [0.5, 0.6) is 5.75 Å². The van der Waals surface area contributed by atoms with Gasteiger partial charge in [-0.1, -0.05) is 17.7 Å². The van der Waals surface area contributed by atoms with Crippen LogP contribution in [0, 0.1) is 5.82 Å². The number of hydrogen-bond donors (Lipinski definition) is 1. The monoisotopic (exact) mass is 277 g/mol. The fourth-order valence-electron chi connectivity index (χ4n) is 2.19.